The SMILES string of the molecule is CN(CCO)Cc1cccc(-c2cccnc2)c1. The number of rotatable bonds is 5. The van der Waals surface area contributed by atoms with Gasteiger partial charge in [-0.05, 0) is 35.9 Å². The normalized spacial score (nSPS) is 10.8. The third-order valence-corrected chi connectivity index (χ3v) is 2.86. The van der Waals surface area contributed by atoms with Crippen LogP contribution in [-0.2, 0) is 6.54 Å². The molecular weight excluding hydrogens is 224 g/mol. The number of benzene rings is 1. The zero-order chi connectivity index (χ0) is 12.8. The lowest BCUT2D eigenvalue weighted by Crippen LogP contribution is -2.21. The van der Waals surface area contributed by atoms with Crippen molar-refractivity contribution in [2.24, 2.45) is 0 Å². The Bertz CT molecular complexity index is 485. The summed E-state index contributed by atoms with van der Waals surface area (Å²) in [5.74, 6) is 0. The summed E-state index contributed by atoms with van der Waals surface area (Å²) in [5.41, 5.74) is 3.55. The van der Waals surface area contributed by atoms with Crippen molar-refractivity contribution in [1.82, 2.24) is 9.88 Å². The van der Waals surface area contributed by atoms with E-state index in [1.54, 1.807) is 6.20 Å². The number of aromatic nitrogens is 1. The van der Waals surface area contributed by atoms with E-state index in [4.69, 9.17) is 5.11 Å². The molecule has 0 radical (unpaired) electrons. The molecule has 0 saturated heterocycles. The van der Waals surface area contributed by atoms with Crippen LogP contribution in [0.1, 0.15) is 5.56 Å². The fourth-order valence-electron chi connectivity index (χ4n) is 1.94. The highest BCUT2D eigenvalue weighted by molar-refractivity contribution is 5.62. The predicted molar refractivity (Wildman–Crippen MR) is 73.1 cm³/mol. The van der Waals surface area contributed by atoms with Gasteiger partial charge in [-0.1, -0.05) is 24.3 Å². The summed E-state index contributed by atoms with van der Waals surface area (Å²) in [4.78, 5) is 6.24. The number of aliphatic hydroxyl groups is 1. The molecule has 3 nitrogen and oxygen atoms in total. The Kier molecular flexibility index (Phi) is 4.45. The average Bonchev–Trinajstić information content (AvgIpc) is 2.40. The van der Waals surface area contributed by atoms with E-state index in [9.17, 15) is 0 Å². The van der Waals surface area contributed by atoms with E-state index in [-0.39, 0.29) is 6.61 Å². The van der Waals surface area contributed by atoms with E-state index in [0.717, 1.165) is 12.1 Å². The van der Waals surface area contributed by atoms with E-state index in [1.165, 1.54) is 11.1 Å². The van der Waals surface area contributed by atoms with Crippen LogP contribution in [0.15, 0.2) is 48.8 Å². The van der Waals surface area contributed by atoms with Gasteiger partial charge >= 0.3 is 0 Å². The molecule has 1 heterocycles. The molecule has 0 aliphatic carbocycles. The van der Waals surface area contributed by atoms with Gasteiger partial charge in [-0.25, -0.2) is 0 Å². The molecule has 0 atom stereocenters. The zero-order valence-corrected chi connectivity index (χ0v) is 10.6. The second-order valence-electron chi connectivity index (χ2n) is 4.40. The molecule has 0 aliphatic rings. The lowest BCUT2D eigenvalue weighted by molar-refractivity contribution is 0.217. The van der Waals surface area contributed by atoms with Gasteiger partial charge in [-0.3, -0.25) is 9.88 Å². The molecule has 2 aromatic rings. The van der Waals surface area contributed by atoms with Crippen molar-refractivity contribution in [1.29, 1.82) is 0 Å². The summed E-state index contributed by atoms with van der Waals surface area (Å²) in [6, 6.07) is 12.4. The summed E-state index contributed by atoms with van der Waals surface area (Å²) in [6.07, 6.45) is 3.65. The van der Waals surface area contributed by atoms with Gasteiger partial charge in [0.25, 0.3) is 0 Å². The maximum atomic E-state index is 8.90. The smallest absolute Gasteiger partial charge is 0.0558 e. The third-order valence-electron chi connectivity index (χ3n) is 2.86. The summed E-state index contributed by atoms with van der Waals surface area (Å²) in [6.45, 7) is 1.73. The summed E-state index contributed by atoms with van der Waals surface area (Å²) in [5, 5.41) is 8.90. The summed E-state index contributed by atoms with van der Waals surface area (Å²) >= 11 is 0. The van der Waals surface area contributed by atoms with Crippen molar-refractivity contribution >= 4 is 0 Å². The van der Waals surface area contributed by atoms with Crippen molar-refractivity contribution in [3.8, 4) is 11.1 Å². The largest absolute Gasteiger partial charge is 0.395 e. The molecule has 0 saturated carbocycles. The number of hydrogen-bond donors (Lipinski definition) is 1. The van der Waals surface area contributed by atoms with Crippen molar-refractivity contribution in [2.75, 3.05) is 20.2 Å². The fourth-order valence-corrected chi connectivity index (χ4v) is 1.94. The number of likely N-dealkylation sites (N-methyl/N-ethyl adjacent to an activating group) is 1. The highest BCUT2D eigenvalue weighted by Gasteiger charge is 2.02. The first-order valence-corrected chi connectivity index (χ1v) is 6.08. The minimum atomic E-state index is 0.193. The van der Waals surface area contributed by atoms with Crippen molar-refractivity contribution < 1.29 is 5.11 Å². The van der Waals surface area contributed by atoms with Crippen LogP contribution in [0.25, 0.3) is 11.1 Å². The molecule has 0 aliphatic heterocycles. The number of aliphatic hydroxyl groups excluding tert-OH is 1. The molecule has 0 amide bonds. The number of nitrogens with zero attached hydrogens (tertiary/aromatic N) is 2. The molecule has 1 aromatic heterocycles. The molecule has 0 spiro atoms. The highest BCUT2D eigenvalue weighted by Crippen LogP contribution is 2.19. The van der Waals surface area contributed by atoms with E-state index in [2.05, 4.69) is 40.2 Å². The summed E-state index contributed by atoms with van der Waals surface area (Å²) in [7, 11) is 2.01. The minimum absolute atomic E-state index is 0.193. The lowest BCUT2D eigenvalue weighted by atomic mass is 10.0. The van der Waals surface area contributed by atoms with Crippen LogP contribution in [0, 0.1) is 0 Å². The van der Waals surface area contributed by atoms with Crippen LogP contribution in [0.3, 0.4) is 0 Å². The third kappa shape index (κ3) is 3.39. The van der Waals surface area contributed by atoms with E-state index < -0.39 is 0 Å². The van der Waals surface area contributed by atoms with Crippen LogP contribution in [0.5, 0.6) is 0 Å². The van der Waals surface area contributed by atoms with Gasteiger partial charge in [0.1, 0.15) is 0 Å². The molecule has 0 unspecified atom stereocenters. The second-order valence-corrected chi connectivity index (χ2v) is 4.40. The Morgan fingerprint density at radius 1 is 1.17 bits per heavy atom. The maximum absolute atomic E-state index is 8.90. The van der Waals surface area contributed by atoms with Gasteiger partial charge < -0.3 is 5.11 Å². The first kappa shape index (κ1) is 12.7. The summed E-state index contributed by atoms with van der Waals surface area (Å²) < 4.78 is 0. The molecule has 0 bridgehead atoms. The fraction of sp³-hybridized carbons (Fsp3) is 0.267. The Labute approximate surface area is 108 Å². The minimum Gasteiger partial charge on any atom is -0.395 e. The average molecular weight is 242 g/mol. The number of pyridine rings is 1. The van der Waals surface area contributed by atoms with Crippen LogP contribution in [0.4, 0.5) is 0 Å². The lowest BCUT2D eigenvalue weighted by Gasteiger charge is -2.15. The predicted octanol–water partition coefficient (Wildman–Crippen LogP) is 2.17. The molecule has 1 aromatic carbocycles. The second kappa shape index (κ2) is 6.28. The molecule has 3 heteroatoms. The van der Waals surface area contributed by atoms with Gasteiger partial charge in [0.2, 0.25) is 0 Å². The molecule has 0 fully saturated rings. The zero-order valence-electron chi connectivity index (χ0n) is 10.6. The molecule has 2 rings (SSSR count). The van der Waals surface area contributed by atoms with Crippen molar-refractivity contribution in [3.05, 3.63) is 54.4 Å². The van der Waals surface area contributed by atoms with E-state index in [1.807, 2.05) is 19.3 Å². The van der Waals surface area contributed by atoms with E-state index in [0.29, 0.717) is 6.54 Å². The Hall–Kier alpha value is -1.71. The Morgan fingerprint density at radius 2 is 2.00 bits per heavy atom. The number of hydrogen-bond acceptors (Lipinski definition) is 3. The molecular formula is C15H18N2O. The standard InChI is InChI=1S/C15H18N2O/c1-17(8-9-18)12-13-4-2-5-14(10-13)15-6-3-7-16-11-15/h2-7,10-11,18H,8-9,12H2,1H3. The quantitative estimate of drug-likeness (QED) is 0.873. The van der Waals surface area contributed by atoms with Gasteiger partial charge in [0.05, 0.1) is 6.61 Å². The van der Waals surface area contributed by atoms with Crippen molar-refractivity contribution in [3.63, 3.8) is 0 Å². The Balaban J connectivity index is 2.15. The van der Waals surface area contributed by atoms with Crippen LogP contribution in [0.2, 0.25) is 0 Å². The Morgan fingerprint density at radius 3 is 2.72 bits per heavy atom. The van der Waals surface area contributed by atoms with Gasteiger partial charge in [-0.2, -0.15) is 0 Å². The van der Waals surface area contributed by atoms with Gasteiger partial charge in [0, 0.05) is 25.5 Å². The van der Waals surface area contributed by atoms with Gasteiger partial charge in [-0.15, -0.1) is 0 Å². The first-order valence-electron chi connectivity index (χ1n) is 6.08. The van der Waals surface area contributed by atoms with Gasteiger partial charge in [0.15, 0.2) is 0 Å². The highest BCUT2D eigenvalue weighted by atomic mass is 16.3. The van der Waals surface area contributed by atoms with Crippen LogP contribution >= 0.6 is 0 Å². The molecule has 1 N–H and O–H groups in total. The van der Waals surface area contributed by atoms with Crippen LogP contribution in [-0.4, -0.2) is 35.2 Å². The monoisotopic (exact) mass is 242 g/mol. The first-order chi connectivity index (χ1) is 8.79. The molecule has 94 valence electrons. The maximum Gasteiger partial charge on any atom is 0.0558 e. The van der Waals surface area contributed by atoms with Crippen LogP contribution < -0.4 is 0 Å². The van der Waals surface area contributed by atoms with Crippen molar-refractivity contribution in [2.45, 2.75) is 6.54 Å². The van der Waals surface area contributed by atoms with E-state index >= 15 is 0 Å². The topological polar surface area (TPSA) is 36.4 Å². The molecule has 18 heavy (non-hydrogen) atoms.